The van der Waals surface area contributed by atoms with Crippen LogP contribution in [-0.4, -0.2) is 36.1 Å². The van der Waals surface area contributed by atoms with E-state index in [0.29, 0.717) is 22.3 Å². The van der Waals surface area contributed by atoms with Gasteiger partial charge in [-0.05, 0) is 24.8 Å². The minimum Gasteiger partial charge on any atom is -0.314 e. The Morgan fingerprint density at radius 1 is 1.10 bits per heavy atom. The van der Waals surface area contributed by atoms with Crippen molar-refractivity contribution in [1.82, 2.24) is 15.2 Å². The third-order valence-electron chi connectivity index (χ3n) is 4.80. The molecule has 116 valence electrons. The molecular formula is C16H23Cl2N3. The van der Waals surface area contributed by atoms with Crippen LogP contribution in [0.15, 0.2) is 12.1 Å². The molecule has 1 aromatic rings. The first-order chi connectivity index (χ1) is 10.3. The van der Waals surface area contributed by atoms with E-state index in [1.54, 1.807) is 0 Å². The summed E-state index contributed by atoms with van der Waals surface area (Å²) in [5.41, 5.74) is 1.16. The summed E-state index contributed by atoms with van der Waals surface area (Å²) < 4.78 is 0. The highest BCUT2D eigenvalue weighted by Crippen LogP contribution is 2.40. The first kappa shape index (κ1) is 15.5. The Hall–Kier alpha value is -0.350. The number of nitrogens with one attached hydrogen (secondary N) is 1. The molecule has 2 fully saturated rings. The predicted octanol–water partition coefficient (Wildman–Crippen LogP) is 3.92. The van der Waals surface area contributed by atoms with E-state index in [1.165, 1.54) is 32.1 Å². The van der Waals surface area contributed by atoms with Crippen LogP contribution in [0.2, 0.25) is 10.3 Å². The number of rotatable bonds is 3. The van der Waals surface area contributed by atoms with Crippen LogP contribution in [-0.2, 0) is 0 Å². The molecule has 0 unspecified atom stereocenters. The van der Waals surface area contributed by atoms with Gasteiger partial charge in [0.05, 0.1) is 0 Å². The van der Waals surface area contributed by atoms with E-state index in [4.69, 9.17) is 23.2 Å². The molecule has 1 N–H and O–H groups in total. The van der Waals surface area contributed by atoms with Crippen molar-refractivity contribution in [3.05, 3.63) is 28.0 Å². The van der Waals surface area contributed by atoms with Gasteiger partial charge in [-0.15, -0.1) is 0 Å². The molecule has 21 heavy (non-hydrogen) atoms. The quantitative estimate of drug-likeness (QED) is 0.853. The highest BCUT2D eigenvalue weighted by Gasteiger charge is 2.32. The van der Waals surface area contributed by atoms with Gasteiger partial charge < -0.3 is 5.32 Å². The smallest absolute Gasteiger partial charge is 0.135 e. The van der Waals surface area contributed by atoms with Crippen LogP contribution in [0.1, 0.15) is 43.7 Å². The monoisotopic (exact) mass is 327 g/mol. The lowest BCUT2D eigenvalue weighted by molar-refractivity contribution is 0.103. The molecule has 1 atom stereocenters. The molecule has 1 aromatic heterocycles. The average molecular weight is 328 g/mol. The summed E-state index contributed by atoms with van der Waals surface area (Å²) in [6.07, 6.45) is 6.65. The van der Waals surface area contributed by atoms with Gasteiger partial charge in [-0.3, -0.25) is 4.90 Å². The molecule has 1 saturated carbocycles. The molecule has 1 saturated heterocycles. The fourth-order valence-electron chi connectivity index (χ4n) is 3.80. The maximum Gasteiger partial charge on any atom is 0.135 e. The van der Waals surface area contributed by atoms with E-state index in [2.05, 4.69) is 21.3 Å². The Bertz CT molecular complexity index is 451. The Labute approximate surface area is 137 Å². The number of piperazine rings is 1. The highest BCUT2D eigenvalue weighted by molar-refractivity contribution is 6.32. The van der Waals surface area contributed by atoms with E-state index in [-0.39, 0.29) is 0 Å². The zero-order chi connectivity index (χ0) is 14.7. The van der Waals surface area contributed by atoms with Gasteiger partial charge in [-0.25, -0.2) is 4.98 Å². The van der Waals surface area contributed by atoms with E-state index in [1.807, 2.05) is 6.07 Å². The van der Waals surface area contributed by atoms with Gasteiger partial charge in [0.2, 0.25) is 0 Å². The minimum atomic E-state index is 0.393. The molecule has 3 nitrogen and oxygen atoms in total. The normalized spacial score (nSPS) is 23.1. The molecular weight excluding hydrogens is 305 g/mol. The Morgan fingerprint density at radius 3 is 2.48 bits per heavy atom. The van der Waals surface area contributed by atoms with Crippen molar-refractivity contribution < 1.29 is 0 Å². The Kier molecular flexibility index (Phi) is 5.38. The minimum absolute atomic E-state index is 0.393. The van der Waals surface area contributed by atoms with Crippen LogP contribution >= 0.6 is 23.2 Å². The molecule has 1 aliphatic carbocycles. The largest absolute Gasteiger partial charge is 0.314 e. The van der Waals surface area contributed by atoms with Crippen molar-refractivity contribution in [2.45, 2.75) is 38.1 Å². The summed E-state index contributed by atoms with van der Waals surface area (Å²) in [5, 5.41) is 4.49. The fraction of sp³-hybridized carbons (Fsp3) is 0.688. The zero-order valence-corrected chi connectivity index (χ0v) is 13.8. The number of hydrogen-bond acceptors (Lipinski definition) is 3. The van der Waals surface area contributed by atoms with Gasteiger partial charge >= 0.3 is 0 Å². The third-order valence-corrected chi connectivity index (χ3v) is 5.32. The summed E-state index contributed by atoms with van der Waals surface area (Å²) in [4.78, 5) is 6.86. The van der Waals surface area contributed by atoms with Crippen molar-refractivity contribution in [2.75, 3.05) is 26.2 Å². The second kappa shape index (κ2) is 7.28. The molecule has 3 rings (SSSR count). The number of pyridine rings is 1. The third kappa shape index (κ3) is 3.70. The van der Waals surface area contributed by atoms with Crippen LogP contribution in [0.25, 0.3) is 0 Å². The average Bonchev–Trinajstić information content (AvgIpc) is 2.52. The van der Waals surface area contributed by atoms with Crippen molar-refractivity contribution in [1.29, 1.82) is 0 Å². The number of nitrogens with zero attached hydrogens (tertiary/aromatic N) is 2. The molecule has 0 aromatic carbocycles. The highest BCUT2D eigenvalue weighted by atomic mass is 35.5. The molecule has 0 bridgehead atoms. The topological polar surface area (TPSA) is 28.2 Å². The van der Waals surface area contributed by atoms with Crippen molar-refractivity contribution in [3.8, 4) is 0 Å². The molecule has 0 amide bonds. The summed E-state index contributed by atoms with van der Waals surface area (Å²) >= 11 is 12.4. The molecule has 0 spiro atoms. The lowest BCUT2D eigenvalue weighted by Crippen LogP contribution is -2.47. The van der Waals surface area contributed by atoms with E-state index < -0.39 is 0 Å². The standard InChI is InChI=1S/C16H23Cl2N3/c17-14-7-6-13(16(18)20-14)15(12-4-2-1-3-5-12)21-10-8-19-9-11-21/h6-7,12,15,19H,1-5,8-11H2/t15-/m0/s1. The second-order valence-electron chi connectivity index (χ2n) is 6.14. The van der Waals surface area contributed by atoms with E-state index >= 15 is 0 Å². The van der Waals surface area contributed by atoms with Crippen molar-refractivity contribution >= 4 is 23.2 Å². The maximum absolute atomic E-state index is 6.42. The second-order valence-corrected chi connectivity index (χ2v) is 6.89. The molecule has 5 heteroatoms. The summed E-state index contributed by atoms with van der Waals surface area (Å²) in [6, 6.07) is 4.35. The molecule has 2 heterocycles. The van der Waals surface area contributed by atoms with Crippen LogP contribution in [0.4, 0.5) is 0 Å². The van der Waals surface area contributed by atoms with E-state index in [0.717, 1.165) is 31.7 Å². The predicted molar refractivity (Wildman–Crippen MR) is 88.0 cm³/mol. The van der Waals surface area contributed by atoms with Gasteiger partial charge in [0.15, 0.2) is 0 Å². The van der Waals surface area contributed by atoms with Crippen LogP contribution in [0.3, 0.4) is 0 Å². The molecule has 2 aliphatic rings. The maximum atomic E-state index is 6.42. The van der Waals surface area contributed by atoms with Crippen molar-refractivity contribution in [2.24, 2.45) is 5.92 Å². The van der Waals surface area contributed by atoms with Crippen LogP contribution in [0.5, 0.6) is 0 Å². The Morgan fingerprint density at radius 2 is 1.81 bits per heavy atom. The Balaban J connectivity index is 1.89. The first-order valence-electron chi connectivity index (χ1n) is 8.02. The summed E-state index contributed by atoms with van der Waals surface area (Å²) in [7, 11) is 0. The lowest BCUT2D eigenvalue weighted by atomic mass is 9.80. The summed E-state index contributed by atoms with van der Waals surface area (Å²) in [5.74, 6) is 0.692. The number of aromatic nitrogens is 1. The number of hydrogen-bond donors (Lipinski definition) is 1. The van der Waals surface area contributed by atoms with Crippen molar-refractivity contribution in [3.63, 3.8) is 0 Å². The summed E-state index contributed by atoms with van der Waals surface area (Å²) in [6.45, 7) is 4.28. The molecule has 0 radical (unpaired) electrons. The molecule has 1 aliphatic heterocycles. The lowest BCUT2D eigenvalue weighted by Gasteiger charge is -2.41. The van der Waals surface area contributed by atoms with Gasteiger partial charge in [-0.1, -0.05) is 48.5 Å². The zero-order valence-electron chi connectivity index (χ0n) is 12.3. The van der Waals surface area contributed by atoms with Crippen LogP contribution in [0, 0.1) is 5.92 Å². The number of halogens is 2. The van der Waals surface area contributed by atoms with Gasteiger partial charge in [0, 0.05) is 37.8 Å². The van der Waals surface area contributed by atoms with Gasteiger partial charge in [-0.2, -0.15) is 0 Å². The van der Waals surface area contributed by atoms with E-state index in [9.17, 15) is 0 Å². The van der Waals surface area contributed by atoms with Gasteiger partial charge in [0.1, 0.15) is 10.3 Å². The van der Waals surface area contributed by atoms with Crippen LogP contribution < -0.4 is 5.32 Å². The fourth-order valence-corrected chi connectivity index (χ4v) is 4.26. The SMILES string of the molecule is Clc1ccc([C@H](C2CCCCC2)N2CCNCC2)c(Cl)n1. The first-order valence-corrected chi connectivity index (χ1v) is 8.78. The van der Waals surface area contributed by atoms with Gasteiger partial charge in [0.25, 0.3) is 0 Å².